The number of amides is 2. The van der Waals surface area contributed by atoms with Gasteiger partial charge in [0.1, 0.15) is 23.5 Å². The lowest BCUT2D eigenvalue weighted by Gasteiger charge is -2.32. The summed E-state index contributed by atoms with van der Waals surface area (Å²) in [6, 6.07) is 7.04. The van der Waals surface area contributed by atoms with Gasteiger partial charge in [0.2, 0.25) is 5.91 Å². The third-order valence-electron chi connectivity index (χ3n) is 4.03. The summed E-state index contributed by atoms with van der Waals surface area (Å²) in [5.41, 5.74) is 0.412. The maximum Gasteiger partial charge on any atom is 0.261 e. The number of piperidine rings is 1. The van der Waals surface area contributed by atoms with E-state index >= 15 is 0 Å². The van der Waals surface area contributed by atoms with Crippen molar-refractivity contribution in [3.8, 4) is 17.6 Å². The number of nitriles is 1. The highest BCUT2D eigenvalue weighted by Crippen LogP contribution is 2.30. The molecule has 1 aliphatic rings. The zero-order valence-electron chi connectivity index (χ0n) is 13.9. The Morgan fingerprint density at radius 1 is 1.25 bits per heavy atom. The summed E-state index contributed by atoms with van der Waals surface area (Å²) in [5, 5.41) is 11.3. The van der Waals surface area contributed by atoms with Crippen molar-refractivity contribution in [3.05, 3.63) is 23.8 Å². The zero-order valence-corrected chi connectivity index (χ0v) is 13.9. The molecule has 0 spiro atoms. The van der Waals surface area contributed by atoms with Gasteiger partial charge in [-0.25, -0.2) is 0 Å². The van der Waals surface area contributed by atoms with Gasteiger partial charge in [-0.3, -0.25) is 9.59 Å². The van der Waals surface area contributed by atoms with Crippen LogP contribution in [0.4, 0.5) is 0 Å². The van der Waals surface area contributed by atoms with E-state index in [4.69, 9.17) is 14.7 Å². The number of nitrogens with zero attached hydrogens (tertiary/aromatic N) is 2. The minimum Gasteiger partial charge on any atom is -0.496 e. The lowest BCUT2D eigenvalue weighted by molar-refractivity contribution is -0.121. The van der Waals surface area contributed by atoms with E-state index in [1.165, 1.54) is 14.2 Å². The topological polar surface area (TPSA) is 91.7 Å². The maximum absolute atomic E-state index is 12.8. The summed E-state index contributed by atoms with van der Waals surface area (Å²) in [4.78, 5) is 26.0. The molecule has 0 atom stereocenters. The highest BCUT2D eigenvalue weighted by atomic mass is 16.5. The van der Waals surface area contributed by atoms with E-state index in [2.05, 4.69) is 5.32 Å². The Bertz CT molecular complexity index is 623. The van der Waals surface area contributed by atoms with Crippen LogP contribution in [-0.4, -0.2) is 50.1 Å². The normalized spacial score (nSPS) is 14.6. The van der Waals surface area contributed by atoms with E-state index in [0.29, 0.717) is 43.0 Å². The van der Waals surface area contributed by atoms with Crippen LogP contribution in [0.3, 0.4) is 0 Å². The molecular weight excluding hydrogens is 310 g/mol. The molecule has 2 amide bonds. The van der Waals surface area contributed by atoms with Crippen LogP contribution in [-0.2, 0) is 4.79 Å². The van der Waals surface area contributed by atoms with E-state index in [1.807, 2.05) is 6.07 Å². The molecule has 0 radical (unpaired) electrons. The third kappa shape index (κ3) is 3.96. The van der Waals surface area contributed by atoms with E-state index in [9.17, 15) is 9.59 Å². The van der Waals surface area contributed by atoms with Crippen LogP contribution >= 0.6 is 0 Å². The highest BCUT2D eigenvalue weighted by molar-refractivity contribution is 5.99. The van der Waals surface area contributed by atoms with Gasteiger partial charge in [0.05, 0.1) is 20.3 Å². The third-order valence-corrected chi connectivity index (χ3v) is 4.03. The number of carbonyl (C=O) groups excluding carboxylic acids is 2. The quantitative estimate of drug-likeness (QED) is 0.879. The van der Waals surface area contributed by atoms with Gasteiger partial charge in [-0.05, 0) is 25.0 Å². The molecule has 1 aromatic rings. The van der Waals surface area contributed by atoms with Crippen molar-refractivity contribution in [2.45, 2.75) is 25.3 Å². The molecule has 1 aliphatic heterocycles. The molecule has 0 saturated carbocycles. The van der Waals surface area contributed by atoms with Crippen LogP contribution in [0.5, 0.6) is 11.5 Å². The van der Waals surface area contributed by atoms with Gasteiger partial charge in [0.15, 0.2) is 0 Å². The summed E-state index contributed by atoms with van der Waals surface area (Å²) >= 11 is 0. The molecule has 0 bridgehead atoms. The van der Waals surface area contributed by atoms with E-state index in [1.54, 1.807) is 23.1 Å². The minimum atomic E-state index is -0.270. The molecule has 1 aromatic carbocycles. The average Bonchev–Trinajstić information content (AvgIpc) is 2.61. The number of hydrogen-bond donors (Lipinski definition) is 1. The van der Waals surface area contributed by atoms with Gasteiger partial charge in [0, 0.05) is 19.1 Å². The van der Waals surface area contributed by atoms with Gasteiger partial charge < -0.3 is 19.7 Å². The highest BCUT2D eigenvalue weighted by Gasteiger charge is 2.28. The molecule has 1 saturated heterocycles. The van der Waals surface area contributed by atoms with Crippen molar-refractivity contribution in [2.75, 3.05) is 27.3 Å². The molecule has 128 valence electrons. The summed E-state index contributed by atoms with van der Waals surface area (Å²) in [6.45, 7) is 1.05. The van der Waals surface area contributed by atoms with Gasteiger partial charge >= 0.3 is 0 Å². The summed E-state index contributed by atoms with van der Waals surface area (Å²) in [6.07, 6.45) is 1.16. The molecule has 0 unspecified atom stereocenters. The first kappa shape index (κ1) is 17.6. The van der Waals surface area contributed by atoms with Gasteiger partial charge in [0.25, 0.3) is 5.91 Å². The fourth-order valence-corrected chi connectivity index (χ4v) is 2.80. The first-order chi connectivity index (χ1) is 11.6. The van der Waals surface area contributed by atoms with E-state index in [0.717, 1.165) is 0 Å². The van der Waals surface area contributed by atoms with Gasteiger partial charge in [-0.2, -0.15) is 5.26 Å². The second-order valence-corrected chi connectivity index (χ2v) is 5.51. The van der Waals surface area contributed by atoms with Crippen LogP contribution in [0.1, 0.15) is 29.6 Å². The van der Waals surface area contributed by atoms with Crippen molar-refractivity contribution in [3.63, 3.8) is 0 Å². The number of nitrogens with one attached hydrogen (secondary N) is 1. The average molecular weight is 331 g/mol. The number of benzene rings is 1. The van der Waals surface area contributed by atoms with E-state index < -0.39 is 0 Å². The molecule has 0 aromatic heterocycles. The number of ether oxygens (including phenoxy) is 2. The number of carbonyl (C=O) groups is 2. The Hall–Kier alpha value is -2.75. The Kier molecular flexibility index (Phi) is 6.01. The molecule has 1 N–H and O–H groups in total. The lowest BCUT2D eigenvalue weighted by atomic mass is 10.0. The monoisotopic (exact) mass is 331 g/mol. The van der Waals surface area contributed by atoms with Crippen molar-refractivity contribution >= 4 is 11.8 Å². The van der Waals surface area contributed by atoms with Crippen molar-refractivity contribution in [1.29, 1.82) is 5.26 Å². The predicted molar refractivity (Wildman–Crippen MR) is 86.8 cm³/mol. The smallest absolute Gasteiger partial charge is 0.261 e. The Balaban J connectivity index is 2.04. The molecule has 7 heteroatoms. The SMILES string of the molecule is COc1cccc(OC)c1C(=O)N1CCC(NC(=O)CC#N)CC1. The second-order valence-electron chi connectivity index (χ2n) is 5.51. The van der Waals surface area contributed by atoms with Crippen LogP contribution < -0.4 is 14.8 Å². The Labute approximate surface area is 141 Å². The van der Waals surface area contributed by atoms with Crippen LogP contribution in [0.15, 0.2) is 18.2 Å². The zero-order chi connectivity index (χ0) is 17.5. The van der Waals surface area contributed by atoms with Crippen molar-refractivity contribution in [2.24, 2.45) is 0 Å². The van der Waals surface area contributed by atoms with Crippen molar-refractivity contribution in [1.82, 2.24) is 10.2 Å². The number of hydrogen-bond acceptors (Lipinski definition) is 5. The fraction of sp³-hybridized carbons (Fsp3) is 0.471. The fourth-order valence-electron chi connectivity index (χ4n) is 2.80. The van der Waals surface area contributed by atoms with Gasteiger partial charge in [-0.15, -0.1) is 0 Å². The second kappa shape index (κ2) is 8.20. The summed E-state index contributed by atoms with van der Waals surface area (Å²) < 4.78 is 10.6. The molecule has 24 heavy (non-hydrogen) atoms. The minimum absolute atomic E-state index is 0.00513. The maximum atomic E-state index is 12.8. The van der Waals surface area contributed by atoms with Crippen LogP contribution in [0.25, 0.3) is 0 Å². The number of likely N-dealkylation sites (tertiary alicyclic amines) is 1. The largest absolute Gasteiger partial charge is 0.496 e. The molecular formula is C17H21N3O4. The predicted octanol–water partition coefficient (Wildman–Crippen LogP) is 1.34. The number of methoxy groups -OCH3 is 2. The molecule has 0 aliphatic carbocycles. The number of rotatable bonds is 5. The summed E-state index contributed by atoms with van der Waals surface area (Å²) in [5.74, 6) is 0.535. The first-order valence-corrected chi connectivity index (χ1v) is 7.77. The van der Waals surface area contributed by atoms with Crippen molar-refractivity contribution < 1.29 is 19.1 Å². The molecule has 2 rings (SSSR count). The van der Waals surface area contributed by atoms with Gasteiger partial charge in [-0.1, -0.05) is 6.07 Å². The molecule has 1 heterocycles. The first-order valence-electron chi connectivity index (χ1n) is 7.77. The Morgan fingerprint density at radius 3 is 2.33 bits per heavy atom. The lowest BCUT2D eigenvalue weighted by Crippen LogP contribution is -2.46. The standard InChI is InChI=1S/C17H21N3O4/c1-23-13-4-3-5-14(24-2)16(13)17(22)20-10-7-12(8-11-20)19-15(21)6-9-18/h3-5,12H,6-8,10-11H2,1-2H3,(H,19,21). The van der Waals surface area contributed by atoms with E-state index in [-0.39, 0.29) is 24.3 Å². The van der Waals surface area contributed by atoms with Crippen LogP contribution in [0.2, 0.25) is 0 Å². The molecule has 7 nitrogen and oxygen atoms in total. The summed E-state index contributed by atoms with van der Waals surface area (Å²) in [7, 11) is 3.03. The molecule has 1 fully saturated rings. The Morgan fingerprint density at radius 2 is 1.83 bits per heavy atom. The van der Waals surface area contributed by atoms with Crippen LogP contribution in [0, 0.1) is 11.3 Å².